The molecule has 0 radical (unpaired) electrons. The second-order valence-electron chi connectivity index (χ2n) is 4.01. The molecule has 3 N–H and O–H groups in total. The lowest BCUT2D eigenvalue weighted by Gasteiger charge is -2.16. The van der Waals surface area contributed by atoms with Crippen LogP contribution in [0.4, 0.5) is 0 Å². The summed E-state index contributed by atoms with van der Waals surface area (Å²) >= 11 is 3.40. The van der Waals surface area contributed by atoms with Crippen LogP contribution in [0.2, 0.25) is 0 Å². The third kappa shape index (κ3) is 4.40. The molecule has 5 nitrogen and oxygen atoms in total. The fourth-order valence-electron chi connectivity index (χ4n) is 1.71. The van der Waals surface area contributed by atoms with Crippen molar-refractivity contribution in [3.05, 3.63) is 22.2 Å². The monoisotopic (exact) mass is 331 g/mol. The smallest absolute Gasteiger partial charge is 0.303 e. The van der Waals surface area contributed by atoms with E-state index in [-0.39, 0.29) is 12.5 Å². The first-order chi connectivity index (χ1) is 8.99. The minimum absolute atomic E-state index is 0.0365. The first-order valence-electron chi connectivity index (χ1n) is 5.97. The molecular formula is C13H18BrNO4. The Labute approximate surface area is 120 Å². The van der Waals surface area contributed by atoms with Crippen molar-refractivity contribution in [2.45, 2.75) is 25.8 Å². The largest absolute Gasteiger partial charge is 0.492 e. The van der Waals surface area contributed by atoms with Crippen molar-refractivity contribution in [3.63, 3.8) is 0 Å². The van der Waals surface area contributed by atoms with Gasteiger partial charge in [0.1, 0.15) is 0 Å². The number of rotatable bonds is 7. The van der Waals surface area contributed by atoms with Crippen LogP contribution in [0, 0.1) is 0 Å². The van der Waals surface area contributed by atoms with Crippen LogP contribution in [0.3, 0.4) is 0 Å². The number of carboxylic acids is 1. The minimum atomic E-state index is -0.854. The number of nitrogens with two attached hydrogens (primary N) is 1. The number of methoxy groups -OCH3 is 1. The lowest BCUT2D eigenvalue weighted by Crippen LogP contribution is -2.13. The van der Waals surface area contributed by atoms with Crippen LogP contribution in [-0.4, -0.2) is 24.8 Å². The Kier molecular flexibility index (Phi) is 6.11. The average molecular weight is 332 g/mol. The van der Waals surface area contributed by atoms with Crippen molar-refractivity contribution >= 4 is 21.9 Å². The lowest BCUT2D eigenvalue weighted by atomic mass is 10.0. The summed E-state index contributed by atoms with van der Waals surface area (Å²) < 4.78 is 11.5. The van der Waals surface area contributed by atoms with Gasteiger partial charge < -0.3 is 20.3 Å². The number of benzene rings is 1. The first kappa shape index (κ1) is 15.8. The summed E-state index contributed by atoms with van der Waals surface area (Å²) in [5.74, 6) is 0.351. The van der Waals surface area contributed by atoms with E-state index in [0.29, 0.717) is 24.5 Å². The Bertz CT molecular complexity index is 451. The lowest BCUT2D eigenvalue weighted by molar-refractivity contribution is -0.137. The highest BCUT2D eigenvalue weighted by Crippen LogP contribution is 2.38. The second-order valence-corrected chi connectivity index (χ2v) is 4.86. The zero-order chi connectivity index (χ0) is 14.4. The quantitative estimate of drug-likeness (QED) is 0.802. The maximum absolute atomic E-state index is 10.6. The minimum Gasteiger partial charge on any atom is -0.492 e. The molecule has 6 heteroatoms. The van der Waals surface area contributed by atoms with Crippen LogP contribution in [0.25, 0.3) is 0 Å². The summed E-state index contributed by atoms with van der Waals surface area (Å²) in [6.45, 7) is 2.39. The summed E-state index contributed by atoms with van der Waals surface area (Å²) in [7, 11) is 1.56. The molecule has 0 heterocycles. The van der Waals surface area contributed by atoms with E-state index in [9.17, 15) is 4.79 Å². The van der Waals surface area contributed by atoms with Crippen molar-refractivity contribution in [1.82, 2.24) is 0 Å². The topological polar surface area (TPSA) is 81.8 Å². The highest BCUT2D eigenvalue weighted by molar-refractivity contribution is 9.10. The van der Waals surface area contributed by atoms with E-state index in [1.54, 1.807) is 13.2 Å². The molecule has 0 saturated heterocycles. The highest BCUT2D eigenvalue weighted by Gasteiger charge is 2.15. The van der Waals surface area contributed by atoms with Gasteiger partial charge in [0.25, 0.3) is 0 Å². The van der Waals surface area contributed by atoms with E-state index in [4.69, 9.17) is 20.3 Å². The molecule has 0 aliphatic carbocycles. The Morgan fingerprint density at radius 1 is 1.53 bits per heavy atom. The fourth-order valence-corrected chi connectivity index (χ4v) is 2.33. The molecule has 0 spiro atoms. The molecule has 1 aromatic rings. The van der Waals surface area contributed by atoms with E-state index < -0.39 is 5.97 Å². The average Bonchev–Trinajstić information content (AvgIpc) is 2.36. The van der Waals surface area contributed by atoms with Gasteiger partial charge in [0, 0.05) is 12.5 Å². The second kappa shape index (κ2) is 7.35. The van der Waals surface area contributed by atoms with Gasteiger partial charge in [-0.25, -0.2) is 0 Å². The predicted octanol–water partition coefficient (Wildman–Crippen LogP) is 2.72. The molecular weight excluding hydrogens is 314 g/mol. The van der Waals surface area contributed by atoms with Crippen LogP contribution < -0.4 is 15.2 Å². The predicted molar refractivity (Wildman–Crippen MR) is 75.7 cm³/mol. The highest BCUT2D eigenvalue weighted by atomic mass is 79.9. The van der Waals surface area contributed by atoms with Gasteiger partial charge in [0.15, 0.2) is 11.5 Å². The van der Waals surface area contributed by atoms with Gasteiger partial charge in [-0.3, -0.25) is 4.79 Å². The van der Waals surface area contributed by atoms with Crippen molar-refractivity contribution < 1.29 is 19.4 Å². The maximum Gasteiger partial charge on any atom is 0.303 e. The van der Waals surface area contributed by atoms with E-state index in [1.807, 2.05) is 13.0 Å². The maximum atomic E-state index is 10.6. The molecule has 19 heavy (non-hydrogen) atoms. The van der Waals surface area contributed by atoms with Gasteiger partial charge in [-0.2, -0.15) is 0 Å². The van der Waals surface area contributed by atoms with E-state index in [2.05, 4.69) is 15.9 Å². The standard InChI is InChI=1S/C13H18BrNO4/c1-3-19-11-7-8(6-9(14)13(11)18-2)10(15)4-5-12(16)17/h6-7,10H,3-5,15H2,1-2H3,(H,16,17). The first-order valence-corrected chi connectivity index (χ1v) is 6.76. The van der Waals surface area contributed by atoms with Crippen LogP contribution in [-0.2, 0) is 4.79 Å². The number of halogens is 1. The number of ether oxygens (including phenoxy) is 2. The van der Waals surface area contributed by atoms with Gasteiger partial charge in [0.05, 0.1) is 18.2 Å². The van der Waals surface area contributed by atoms with Gasteiger partial charge in [-0.1, -0.05) is 0 Å². The molecule has 0 aromatic heterocycles. The third-order valence-corrected chi connectivity index (χ3v) is 3.22. The number of aliphatic carboxylic acids is 1. The van der Waals surface area contributed by atoms with E-state index in [1.165, 1.54) is 0 Å². The normalized spacial score (nSPS) is 12.0. The SMILES string of the molecule is CCOc1cc(C(N)CCC(=O)O)cc(Br)c1OC. The van der Waals surface area contributed by atoms with Gasteiger partial charge in [-0.15, -0.1) is 0 Å². The molecule has 1 aromatic carbocycles. The third-order valence-electron chi connectivity index (χ3n) is 2.63. The summed E-state index contributed by atoms with van der Waals surface area (Å²) in [5.41, 5.74) is 6.81. The van der Waals surface area contributed by atoms with E-state index in [0.717, 1.165) is 10.0 Å². The fraction of sp³-hybridized carbons (Fsp3) is 0.462. The Morgan fingerprint density at radius 3 is 2.74 bits per heavy atom. The Morgan fingerprint density at radius 2 is 2.21 bits per heavy atom. The van der Waals surface area contributed by atoms with Gasteiger partial charge >= 0.3 is 5.97 Å². The Balaban J connectivity index is 2.98. The molecule has 0 amide bonds. The number of hydrogen-bond donors (Lipinski definition) is 2. The molecule has 0 saturated carbocycles. The molecule has 0 fully saturated rings. The van der Waals surface area contributed by atoms with Crippen LogP contribution in [0.1, 0.15) is 31.4 Å². The van der Waals surface area contributed by atoms with Gasteiger partial charge in [0.2, 0.25) is 0 Å². The summed E-state index contributed by atoms with van der Waals surface area (Å²) in [5, 5.41) is 8.68. The summed E-state index contributed by atoms with van der Waals surface area (Å²) in [6, 6.07) is 3.27. The Hall–Kier alpha value is -1.27. The molecule has 0 bridgehead atoms. The zero-order valence-corrected chi connectivity index (χ0v) is 12.6. The molecule has 106 valence electrons. The van der Waals surface area contributed by atoms with Crippen molar-refractivity contribution in [2.75, 3.05) is 13.7 Å². The van der Waals surface area contributed by atoms with Crippen molar-refractivity contribution in [3.8, 4) is 11.5 Å². The van der Waals surface area contributed by atoms with Gasteiger partial charge in [-0.05, 0) is 47.0 Å². The number of hydrogen-bond acceptors (Lipinski definition) is 4. The van der Waals surface area contributed by atoms with Crippen molar-refractivity contribution in [2.24, 2.45) is 5.73 Å². The molecule has 0 aliphatic heterocycles. The molecule has 1 unspecified atom stereocenters. The molecule has 1 atom stereocenters. The summed E-state index contributed by atoms with van der Waals surface area (Å²) in [4.78, 5) is 10.6. The number of carbonyl (C=O) groups is 1. The van der Waals surface area contributed by atoms with Crippen LogP contribution in [0.5, 0.6) is 11.5 Å². The van der Waals surface area contributed by atoms with Crippen LogP contribution in [0.15, 0.2) is 16.6 Å². The summed E-state index contributed by atoms with van der Waals surface area (Å²) in [6.07, 6.45) is 0.411. The molecule has 1 rings (SSSR count). The van der Waals surface area contributed by atoms with E-state index >= 15 is 0 Å². The van der Waals surface area contributed by atoms with Crippen molar-refractivity contribution in [1.29, 1.82) is 0 Å². The van der Waals surface area contributed by atoms with Crippen LogP contribution >= 0.6 is 15.9 Å². The zero-order valence-electron chi connectivity index (χ0n) is 11.0. The number of carboxylic acid groups (broad SMARTS) is 1. The molecule has 0 aliphatic rings.